The molecule has 0 radical (unpaired) electrons. The summed E-state index contributed by atoms with van der Waals surface area (Å²) in [5, 5.41) is 3.93. The van der Waals surface area contributed by atoms with Crippen LogP contribution in [0.2, 0.25) is 0 Å². The highest BCUT2D eigenvalue weighted by Gasteiger charge is 2.09. The van der Waals surface area contributed by atoms with Gasteiger partial charge in [-0.25, -0.2) is 18.4 Å². The van der Waals surface area contributed by atoms with Gasteiger partial charge in [0.1, 0.15) is 22.0 Å². The Kier molecular flexibility index (Phi) is 3.76. The first-order valence-electron chi connectivity index (χ1n) is 6.70. The van der Waals surface area contributed by atoms with E-state index in [1.807, 2.05) is 24.3 Å². The molecule has 0 unspecified atom stereocenters. The molecule has 1 N–H and O–H groups in total. The highest BCUT2D eigenvalue weighted by atomic mass is 32.2. The second-order valence-electron chi connectivity index (χ2n) is 4.92. The quantitative estimate of drug-likeness (QED) is 0.762. The van der Waals surface area contributed by atoms with Gasteiger partial charge in [0.25, 0.3) is 0 Å². The molecule has 0 atom stereocenters. The minimum absolute atomic E-state index is 0.0474. The van der Waals surface area contributed by atoms with Crippen LogP contribution in [0.5, 0.6) is 0 Å². The van der Waals surface area contributed by atoms with Gasteiger partial charge < -0.3 is 5.32 Å². The summed E-state index contributed by atoms with van der Waals surface area (Å²) in [7, 11) is -3.02. The molecule has 0 saturated carbocycles. The molecular weight excluding hydrogens is 302 g/mol. The van der Waals surface area contributed by atoms with Crippen molar-refractivity contribution >= 4 is 26.6 Å². The number of anilines is 1. The van der Waals surface area contributed by atoms with Crippen LogP contribution >= 0.6 is 0 Å². The number of nitrogens with one attached hydrogen (secondary N) is 1. The van der Waals surface area contributed by atoms with E-state index in [0.29, 0.717) is 18.3 Å². The van der Waals surface area contributed by atoms with Crippen molar-refractivity contribution in [3.05, 3.63) is 43.0 Å². The van der Waals surface area contributed by atoms with E-state index in [1.165, 1.54) is 6.26 Å². The lowest BCUT2D eigenvalue weighted by Crippen LogP contribution is -2.15. The van der Waals surface area contributed by atoms with Gasteiger partial charge in [0.2, 0.25) is 5.95 Å². The van der Waals surface area contributed by atoms with E-state index in [9.17, 15) is 8.42 Å². The lowest BCUT2D eigenvalue weighted by atomic mass is 10.2. The Hall–Kier alpha value is -2.48. The van der Waals surface area contributed by atoms with Gasteiger partial charge in [-0.2, -0.15) is 4.98 Å². The number of imidazole rings is 1. The predicted molar refractivity (Wildman–Crippen MR) is 84.9 cm³/mol. The molecule has 2 aromatic heterocycles. The van der Waals surface area contributed by atoms with E-state index in [0.717, 1.165) is 10.9 Å². The lowest BCUT2D eigenvalue weighted by Gasteiger charge is -2.10. The van der Waals surface area contributed by atoms with Gasteiger partial charge in [-0.1, -0.05) is 12.1 Å². The third kappa shape index (κ3) is 3.22. The molecule has 0 aliphatic heterocycles. The highest BCUT2D eigenvalue weighted by Crippen LogP contribution is 2.21. The largest absolute Gasteiger partial charge is 0.368 e. The van der Waals surface area contributed by atoms with Crippen molar-refractivity contribution in [1.82, 2.24) is 19.5 Å². The van der Waals surface area contributed by atoms with E-state index in [4.69, 9.17) is 0 Å². The molecule has 1 aromatic carbocycles. The summed E-state index contributed by atoms with van der Waals surface area (Å²) in [6.07, 6.45) is 6.23. The zero-order chi connectivity index (χ0) is 15.6. The fraction of sp³-hybridized carbons (Fsp3) is 0.214. The van der Waals surface area contributed by atoms with Crippen molar-refractivity contribution in [3.63, 3.8) is 0 Å². The summed E-state index contributed by atoms with van der Waals surface area (Å²) in [6.45, 7) is 0.295. The zero-order valence-corrected chi connectivity index (χ0v) is 12.8. The second kappa shape index (κ2) is 5.72. The van der Waals surface area contributed by atoms with Gasteiger partial charge in [0.15, 0.2) is 0 Å². The normalized spacial score (nSPS) is 11.7. The van der Waals surface area contributed by atoms with Crippen molar-refractivity contribution in [2.45, 2.75) is 0 Å². The average Bonchev–Trinajstić information content (AvgIpc) is 3.00. The molecule has 2 heterocycles. The lowest BCUT2D eigenvalue weighted by molar-refractivity contribution is 0.602. The number of para-hydroxylation sites is 1. The molecule has 0 amide bonds. The van der Waals surface area contributed by atoms with Crippen molar-refractivity contribution < 1.29 is 8.42 Å². The summed E-state index contributed by atoms with van der Waals surface area (Å²) in [6, 6.07) is 7.58. The zero-order valence-electron chi connectivity index (χ0n) is 12.0. The molecule has 0 spiro atoms. The Morgan fingerprint density at radius 2 is 2.05 bits per heavy atom. The standard InChI is InChI=1S/C14H15N5O2S/c1-22(20,21)9-7-16-13-11-4-2-3-5-12(11)17-14(18-13)19-8-6-15-10-19/h2-6,8,10H,7,9H2,1H3,(H,16,17,18). The Labute approximate surface area is 128 Å². The van der Waals surface area contributed by atoms with E-state index < -0.39 is 9.84 Å². The van der Waals surface area contributed by atoms with Crippen LogP contribution in [0.3, 0.4) is 0 Å². The molecule has 114 valence electrons. The number of benzene rings is 1. The third-order valence-corrected chi connectivity index (χ3v) is 4.04. The SMILES string of the molecule is CS(=O)(=O)CCNc1nc(-n2ccnc2)nc2ccccc12. The molecule has 8 heteroatoms. The Morgan fingerprint density at radius 3 is 2.77 bits per heavy atom. The fourth-order valence-corrected chi connectivity index (χ4v) is 2.52. The van der Waals surface area contributed by atoms with Crippen molar-refractivity contribution in [3.8, 4) is 5.95 Å². The van der Waals surface area contributed by atoms with Gasteiger partial charge in [-0.05, 0) is 12.1 Å². The van der Waals surface area contributed by atoms with Crippen molar-refractivity contribution in [1.29, 1.82) is 0 Å². The number of fused-ring (bicyclic) bond motifs is 1. The monoisotopic (exact) mass is 317 g/mol. The van der Waals surface area contributed by atoms with Gasteiger partial charge in [0.05, 0.1) is 11.3 Å². The van der Waals surface area contributed by atoms with Crippen molar-refractivity contribution in [2.75, 3.05) is 23.9 Å². The molecule has 3 rings (SSSR count). The summed E-state index contributed by atoms with van der Waals surface area (Å²) in [4.78, 5) is 12.9. The van der Waals surface area contributed by atoms with Crippen LogP contribution in [-0.2, 0) is 9.84 Å². The van der Waals surface area contributed by atoms with E-state index in [-0.39, 0.29) is 5.75 Å². The number of hydrogen-bond donors (Lipinski definition) is 1. The molecule has 0 aliphatic carbocycles. The molecule has 0 bridgehead atoms. The summed E-state index contributed by atoms with van der Waals surface area (Å²) >= 11 is 0. The Morgan fingerprint density at radius 1 is 1.23 bits per heavy atom. The van der Waals surface area contributed by atoms with Gasteiger partial charge >= 0.3 is 0 Å². The smallest absolute Gasteiger partial charge is 0.237 e. The number of aromatic nitrogens is 4. The molecule has 0 aliphatic rings. The summed E-state index contributed by atoms with van der Waals surface area (Å²) in [5.74, 6) is 1.14. The average molecular weight is 317 g/mol. The molecule has 0 saturated heterocycles. The Balaban J connectivity index is 1.99. The number of rotatable bonds is 5. The number of sulfone groups is 1. The molecule has 22 heavy (non-hydrogen) atoms. The first kappa shape index (κ1) is 14.5. The van der Waals surface area contributed by atoms with Crippen LogP contribution in [-0.4, -0.2) is 46.5 Å². The topological polar surface area (TPSA) is 89.8 Å². The maximum atomic E-state index is 11.3. The summed E-state index contributed by atoms with van der Waals surface area (Å²) in [5.41, 5.74) is 0.781. The maximum absolute atomic E-state index is 11.3. The first-order chi connectivity index (χ1) is 10.5. The van der Waals surface area contributed by atoms with Crippen LogP contribution in [0.4, 0.5) is 5.82 Å². The van der Waals surface area contributed by atoms with Gasteiger partial charge in [-0.15, -0.1) is 0 Å². The van der Waals surface area contributed by atoms with E-state index >= 15 is 0 Å². The molecule has 7 nitrogen and oxygen atoms in total. The van der Waals surface area contributed by atoms with Crippen LogP contribution in [0, 0.1) is 0 Å². The van der Waals surface area contributed by atoms with Crippen LogP contribution in [0.15, 0.2) is 43.0 Å². The fourth-order valence-electron chi connectivity index (χ4n) is 2.05. The predicted octanol–water partition coefficient (Wildman–Crippen LogP) is 1.27. The minimum Gasteiger partial charge on any atom is -0.368 e. The van der Waals surface area contributed by atoms with E-state index in [2.05, 4.69) is 20.3 Å². The maximum Gasteiger partial charge on any atom is 0.237 e. The van der Waals surface area contributed by atoms with Gasteiger partial charge in [0, 0.05) is 30.6 Å². The number of nitrogens with zero attached hydrogens (tertiary/aromatic N) is 4. The van der Waals surface area contributed by atoms with Gasteiger partial charge in [-0.3, -0.25) is 4.57 Å². The molecule has 3 aromatic rings. The van der Waals surface area contributed by atoms with Crippen LogP contribution in [0.25, 0.3) is 16.9 Å². The highest BCUT2D eigenvalue weighted by molar-refractivity contribution is 7.90. The molecule has 0 fully saturated rings. The molecular formula is C14H15N5O2S. The third-order valence-electron chi connectivity index (χ3n) is 3.09. The second-order valence-corrected chi connectivity index (χ2v) is 7.18. The van der Waals surface area contributed by atoms with E-state index in [1.54, 1.807) is 23.3 Å². The number of hydrogen-bond acceptors (Lipinski definition) is 6. The first-order valence-corrected chi connectivity index (χ1v) is 8.76. The van der Waals surface area contributed by atoms with Crippen LogP contribution in [0.1, 0.15) is 0 Å². The van der Waals surface area contributed by atoms with Crippen molar-refractivity contribution in [2.24, 2.45) is 0 Å². The van der Waals surface area contributed by atoms with Crippen LogP contribution < -0.4 is 5.32 Å². The Bertz CT molecular complexity index is 891. The minimum atomic E-state index is -3.02. The summed E-state index contributed by atoms with van der Waals surface area (Å²) < 4.78 is 24.2.